The first kappa shape index (κ1) is 19.2. The van der Waals surface area contributed by atoms with Crippen molar-refractivity contribution in [2.45, 2.75) is 6.54 Å². The molecule has 144 valence electrons. The summed E-state index contributed by atoms with van der Waals surface area (Å²) >= 11 is 0. The fourth-order valence-electron chi connectivity index (χ4n) is 3.01. The van der Waals surface area contributed by atoms with Crippen LogP contribution >= 0.6 is 0 Å². The summed E-state index contributed by atoms with van der Waals surface area (Å²) < 4.78 is 31.7. The predicted molar refractivity (Wildman–Crippen MR) is 97.5 cm³/mol. The minimum atomic E-state index is -0.777. The molecule has 8 heteroatoms. The largest absolute Gasteiger partial charge is 0.481 e. The Labute approximate surface area is 156 Å². The van der Waals surface area contributed by atoms with Crippen molar-refractivity contribution in [1.29, 1.82) is 0 Å². The number of anilines is 1. The van der Waals surface area contributed by atoms with Gasteiger partial charge in [-0.2, -0.15) is 0 Å². The first-order chi connectivity index (χ1) is 13.0. The van der Waals surface area contributed by atoms with Crippen LogP contribution in [0.15, 0.2) is 36.5 Å². The first-order valence-corrected chi connectivity index (χ1v) is 8.72. The van der Waals surface area contributed by atoms with E-state index in [2.05, 4.69) is 15.2 Å². The van der Waals surface area contributed by atoms with Gasteiger partial charge in [-0.1, -0.05) is 0 Å². The fourth-order valence-corrected chi connectivity index (χ4v) is 3.01. The molecule has 1 aromatic heterocycles. The molecule has 0 saturated carbocycles. The monoisotopic (exact) mass is 376 g/mol. The fraction of sp³-hybridized carbons (Fsp3) is 0.368. The highest BCUT2D eigenvalue weighted by molar-refractivity contribution is 5.92. The van der Waals surface area contributed by atoms with Gasteiger partial charge in [-0.3, -0.25) is 14.6 Å². The highest BCUT2D eigenvalue weighted by Crippen LogP contribution is 2.15. The molecule has 1 aromatic carbocycles. The van der Waals surface area contributed by atoms with E-state index < -0.39 is 11.6 Å². The summed E-state index contributed by atoms with van der Waals surface area (Å²) in [5, 5.41) is 2.49. The Morgan fingerprint density at radius 1 is 1.15 bits per heavy atom. The zero-order valence-corrected chi connectivity index (χ0v) is 15.1. The van der Waals surface area contributed by atoms with E-state index >= 15 is 0 Å². The smallest absolute Gasteiger partial charge is 0.238 e. The minimum absolute atomic E-state index is 0.00771. The topological polar surface area (TPSA) is 57.7 Å². The lowest BCUT2D eigenvalue weighted by Gasteiger charge is -2.34. The second-order valence-corrected chi connectivity index (χ2v) is 6.43. The number of rotatable bonds is 6. The molecule has 3 rings (SSSR count). The Morgan fingerprint density at radius 3 is 2.59 bits per heavy atom. The standard InChI is InChI=1S/C19H22F2N4O2/c1-27-19-10-14(4-5-22-19)12-24-6-8-25(9-7-24)13-18(26)23-17-3-2-15(20)11-16(17)21/h2-5,10-11H,6-9,12-13H2,1H3,(H,23,26). The number of methoxy groups -OCH3 is 1. The van der Waals surface area contributed by atoms with Crippen LogP contribution in [0.5, 0.6) is 5.88 Å². The molecule has 1 N–H and O–H groups in total. The van der Waals surface area contributed by atoms with Gasteiger partial charge in [0.05, 0.1) is 19.3 Å². The zero-order chi connectivity index (χ0) is 19.2. The van der Waals surface area contributed by atoms with Crippen LogP contribution in [0.4, 0.5) is 14.5 Å². The van der Waals surface area contributed by atoms with Gasteiger partial charge in [0.1, 0.15) is 11.6 Å². The highest BCUT2D eigenvalue weighted by Gasteiger charge is 2.19. The van der Waals surface area contributed by atoms with Crippen LogP contribution in [0.3, 0.4) is 0 Å². The molecule has 1 aliphatic heterocycles. The van der Waals surface area contributed by atoms with Crippen molar-refractivity contribution in [2.75, 3.05) is 45.2 Å². The summed E-state index contributed by atoms with van der Waals surface area (Å²) in [6.07, 6.45) is 1.73. The Hall–Kier alpha value is -2.58. The van der Waals surface area contributed by atoms with E-state index in [0.29, 0.717) is 5.88 Å². The van der Waals surface area contributed by atoms with Crippen molar-refractivity contribution in [1.82, 2.24) is 14.8 Å². The van der Waals surface area contributed by atoms with Gasteiger partial charge >= 0.3 is 0 Å². The number of nitrogens with one attached hydrogen (secondary N) is 1. The number of piperazine rings is 1. The van der Waals surface area contributed by atoms with E-state index in [9.17, 15) is 13.6 Å². The predicted octanol–water partition coefficient (Wildman–Crippen LogP) is 2.12. The van der Waals surface area contributed by atoms with Gasteiger partial charge in [0.25, 0.3) is 0 Å². The van der Waals surface area contributed by atoms with Crippen LogP contribution in [0, 0.1) is 11.6 Å². The van der Waals surface area contributed by atoms with Crippen molar-refractivity contribution < 1.29 is 18.3 Å². The quantitative estimate of drug-likeness (QED) is 0.837. The molecule has 1 aliphatic rings. The van der Waals surface area contributed by atoms with E-state index in [0.717, 1.165) is 50.4 Å². The molecule has 0 atom stereocenters. The van der Waals surface area contributed by atoms with Gasteiger partial charge < -0.3 is 10.1 Å². The third-order valence-corrected chi connectivity index (χ3v) is 4.45. The van der Waals surface area contributed by atoms with E-state index in [-0.39, 0.29) is 18.1 Å². The van der Waals surface area contributed by atoms with Crippen molar-refractivity contribution in [3.63, 3.8) is 0 Å². The van der Waals surface area contributed by atoms with Gasteiger partial charge in [0.2, 0.25) is 11.8 Å². The van der Waals surface area contributed by atoms with E-state index in [4.69, 9.17) is 4.74 Å². The van der Waals surface area contributed by atoms with Crippen LogP contribution in [-0.4, -0.2) is 60.5 Å². The number of carbonyl (C=O) groups is 1. The maximum Gasteiger partial charge on any atom is 0.238 e. The summed E-state index contributed by atoms with van der Waals surface area (Å²) in [5.41, 5.74) is 1.12. The summed E-state index contributed by atoms with van der Waals surface area (Å²) in [6, 6.07) is 6.97. The van der Waals surface area contributed by atoms with Gasteiger partial charge in [-0.15, -0.1) is 0 Å². The Bertz CT molecular complexity index is 795. The lowest BCUT2D eigenvalue weighted by Crippen LogP contribution is -2.48. The second kappa shape index (κ2) is 8.88. The second-order valence-electron chi connectivity index (χ2n) is 6.43. The summed E-state index contributed by atoms with van der Waals surface area (Å²) in [7, 11) is 1.59. The van der Waals surface area contributed by atoms with E-state index in [1.165, 1.54) is 6.07 Å². The number of nitrogens with zero attached hydrogens (tertiary/aromatic N) is 3. The van der Waals surface area contributed by atoms with Gasteiger partial charge in [-0.05, 0) is 23.8 Å². The van der Waals surface area contributed by atoms with Crippen LogP contribution < -0.4 is 10.1 Å². The lowest BCUT2D eigenvalue weighted by atomic mass is 10.2. The number of hydrogen-bond donors (Lipinski definition) is 1. The summed E-state index contributed by atoms with van der Waals surface area (Å²) in [4.78, 5) is 20.5. The molecule has 1 amide bonds. The molecule has 1 fully saturated rings. The molecule has 0 bridgehead atoms. The maximum absolute atomic E-state index is 13.6. The highest BCUT2D eigenvalue weighted by atomic mass is 19.1. The molecule has 0 radical (unpaired) electrons. The van der Waals surface area contributed by atoms with Gasteiger partial charge in [-0.25, -0.2) is 13.8 Å². The average molecular weight is 376 g/mol. The number of aromatic nitrogens is 1. The molecule has 2 aromatic rings. The Morgan fingerprint density at radius 2 is 1.89 bits per heavy atom. The van der Waals surface area contributed by atoms with E-state index in [1.807, 2.05) is 17.0 Å². The molecule has 27 heavy (non-hydrogen) atoms. The van der Waals surface area contributed by atoms with Gasteiger partial charge in [0, 0.05) is 51.1 Å². The normalized spacial score (nSPS) is 15.5. The molecule has 6 nitrogen and oxygen atoms in total. The van der Waals surface area contributed by atoms with Crippen LogP contribution in [0.1, 0.15) is 5.56 Å². The minimum Gasteiger partial charge on any atom is -0.481 e. The molecule has 2 heterocycles. The molecular weight excluding hydrogens is 354 g/mol. The number of halogens is 2. The third-order valence-electron chi connectivity index (χ3n) is 4.45. The first-order valence-electron chi connectivity index (χ1n) is 8.72. The molecule has 1 saturated heterocycles. The van der Waals surface area contributed by atoms with Crippen molar-refractivity contribution in [3.05, 3.63) is 53.7 Å². The van der Waals surface area contributed by atoms with Crippen LogP contribution in [0.25, 0.3) is 0 Å². The molecule has 0 unspecified atom stereocenters. The zero-order valence-electron chi connectivity index (χ0n) is 15.1. The summed E-state index contributed by atoms with van der Waals surface area (Å²) in [5.74, 6) is -1.17. The number of hydrogen-bond acceptors (Lipinski definition) is 5. The summed E-state index contributed by atoms with van der Waals surface area (Å²) in [6.45, 7) is 4.09. The molecule has 0 spiro atoms. The number of benzene rings is 1. The average Bonchev–Trinajstić information content (AvgIpc) is 2.66. The van der Waals surface area contributed by atoms with Crippen LogP contribution in [-0.2, 0) is 11.3 Å². The lowest BCUT2D eigenvalue weighted by molar-refractivity contribution is -0.117. The number of carbonyl (C=O) groups excluding carboxylic acids is 1. The Kier molecular flexibility index (Phi) is 6.31. The van der Waals surface area contributed by atoms with Crippen LogP contribution in [0.2, 0.25) is 0 Å². The number of pyridine rings is 1. The Balaban J connectivity index is 1.45. The number of amides is 1. The van der Waals surface area contributed by atoms with Crippen molar-refractivity contribution >= 4 is 11.6 Å². The molecular formula is C19H22F2N4O2. The maximum atomic E-state index is 13.6. The van der Waals surface area contributed by atoms with Crippen molar-refractivity contribution in [2.24, 2.45) is 0 Å². The third kappa shape index (κ3) is 5.45. The van der Waals surface area contributed by atoms with Crippen molar-refractivity contribution in [3.8, 4) is 5.88 Å². The molecule has 0 aliphatic carbocycles. The van der Waals surface area contributed by atoms with Gasteiger partial charge in [0.15, 0.2) is 0 Å². The van der Waals surface area contributed by atoms with E-state index in [1.54, 1.807) is 13.3 Å². The SMILES string of the molecule is COc1cc(CN2CCN(CC(=O)Nc3ccc(F)cc3F)CC2)ccn1. The number of ether oxygens (including phenoxy) is 1.